The van der Waals surface area contributed by atoms with Crippen molar-refractivity contribution in [2.45, 2.75) is 58.7 Å². The third kappa shape index (κ3) is 5.09. The third-order valence-electron chi connectivity index (χ3n) is 6.04. The molecule has 0 aromatic carbocycles. The van der Waals surface area contributed by atoms with Crippen LogP contribution in [0.15, 0.2) is 42.0 Å². The molecule has 2 unspecified atom stereocenters. The number of aromatic nitrogens is 3. The molecular formula is C21H33IN6O. The SMILES string of the molecule is CCOC1CC(NC(=NC)NCc2ccnc(-n3ccnc3)c2)C1(CC)CC.I. The number of pyridine rings is 1. The third-order valence-corrected chi connectivity index (χ3v) is 6.04. The summed E-state index contributed by atoms with van der Waals surface area (Å²) in [5, 5.41) is 7.06. The zero-order chi connectivity index (χ0) is 20.0. The first kappa shape index (κ1) is 23.6. The van der Waals surface area contributed by atoms with E-state index >= 15 is 0 Å². The summed E-state index contributed by atoms with van der Waals surface area (Å²) in [5.41, 5.74) is 1.32. The molecule has 0 aliphatic heterocycles. The van der Waals surface area contributed by atoms with Crippen molar-refractivity contribution in [3.05, 3.63) is 42.6 Å². The van der Waals surface area contributed by atoms with Gasteiger partial charge in [-0.2, -0.15) is 0 Å². The van der Waals surface area contributed by atoms with Crippen molar-refractivity contribution in [1.82, 2.24) is 25.2 Å². The molecule has 7 nitrogen and oxygen atoms in total. The molecule has 3 rings (SSSR count). The van der Waals surface area contributed by atoms with Crippen molar-refractivity contribution in [3.8, 4) is 5.82 Å². The quantitative estimate of drug-likeness (QED) is 0.322. The number of imidazole rings is 1. The van der Waals surface area contributed by atoms with Gasteiger partial charge < -0.3 is 15.4 Å². The van der Waals surface area contributed by atoms with Gasteiger partial charge in [0.05, 0.1) is 6.10 Å². The van der Waals surface area contributed by atoms with E-state index in [0.717, 1.165) is 43.2 Å². The first-order valence-electron chi connectivity index (χ1n) is 10.2. The molecule has 1 aliphatic carbocycles. The lowest BCUT2D eigenvalue weighted by atomic mass is 9.58. The number of hydrogen-bond acceptors (Lipinski definition) is 4. The molecule has 2 aromatic heterocycles. The highest BCUT2D eigenvalue weighted by Gasteiger charge is 2.53. The number of guanidine groups is 1. The zero-order valence-corrected chi connectivity index (χ0v) is 20.1. The Balaban J connectivity index is 0.00000300. The van der Waals surface area contributed by atoms with Crippen LogP contribution in [0.1, 0.15) is 45.6 Å². The summed E-state index contributed by atoms with van der Waals surface area (Å²) in [6.07, 6.45) is 10.8. The maximum Gasteiger partial charge on any atom is 0.191 e. The van der Waals surface area contributed by atoms with Gasteiger partial charge in [0.1, 0.15) is 12.1 Å². The first-order chi connectivity index (χ1) is 13.7. The number of hydrogen-bond donors (Lipinski definition) is 2. The minimum Gasteiger partial charge on any atom is -0.378 e. The maximum atomic E-state index is 5.98. The molecule has 0 saturated heterocycles. The van der Waals surface area contributed by atoms with E-state index in [1.54, 1.807) is 12.5 Å². The normalized spacial score (nSPS) is 20.5. The van der Waals surface area contributed by atoms with Gasteiger partial charge in [0, 0.05) is 50.2 Å². The molecule has 0 spiro atoms. The van der Waals surface area contributed by atoms with Crippen LogP contribution < -0.4 is 10.6 Å². The number of nitrogens with zero attached hydrogens (tertiary/aromatic N) is 4. The molecule has 2 aromatic rings. The molecule has 2 atom stereocenters. The Kier molecular flexibility index (Phi) is 8.88. The van der Waals surface area contributed by atoms with Gasteiger partial charge in [-0.3, -0.25) is 9.56 Å². The summed E-state index contributed by atoms with van der Waals surface area (Å²) < 4.78 is 7.88. The minimum atomic E-state index is 0. The Morgan fingerprint density at radius 1 is 1.31 bits per heavy atom. The fourth-order valence-corrected chi connectivity index (χ4v) is 4.24. The summed E-state index contributed by atoms with van der Waals surface area (Å²) in [6, 6.07) is 4.44. The molecule has 1 aliphatic rings. The van der Waals surface area contributed by atoms with Gasteiger partial charge in [0.2, 0.25) is 0 Å². The lowest BCUT2D eigenvalue weighted by Gasteiger charge is -2.55. The van der Waals surface area contributed by atoms with Crippen molar-refractivity contribution in [3.63, 3.8) is 0 Å². The Labute approximate surface area is 190 Å². The van der Waals surface area contributed by atoms with Gasteiger partial charge in [-0.15, -0.1) is 24.0 Å². The average molecular weight is 512 g/mol. The van der Waals surface area contributed by atoms with Crippen molar-refractivity contribution >= 4 is 29.9 Å². The van der Waals surface area contributed by atoms with Crippen LogP contribution in [0.4, 0.5) is 0 Å². The van der Waals surface area contributed by atoms with Crippen LogP contribution >= 0.6 is 24.0 Å². The second-order valence-electron chi connectivity index (χ2n) is 7.23. The van der Waals surface area contributed by atoms with Crippen LogP contribution in [0.25, 0.3) is 5.82 Å². The Morgan fingerprint density at radius 2 is 2.10 bits per heavy atom. The largest absolute Gasteiger partial charge is 0.378 e. The highest BCUT2D eigenvalue weighted by atomic mass is 127. The number of rotatable bonds is 8. The number of halogens is 1. The van der Waals surface area contributed by atoms with Gasteiger partial charge in [-0.05, 0) is 43.9 Å². The van der Waals surface area contributed by atoms with E-state index in [2.05, 4.69) is 52.4 Å². The van der Waals surface area contributed by atoms with E-state index in [1.165, 1.54) is 0 Å². The number of nitrogens with one attached hydrogen (secondary N) is 2. The first-order valence-corrected chi connectivity index (χ1v) is 10.2. The van der Waals surface area contributed by atoms with Crippen molar-refractivity contribution in [1.29, 1.82) is 0 Å². The Morgan fingerprint density at radius 3 is 2.72 bits per heavy atom. The highest BCUT2D eigenvalue weighted by molar-refractivity contribution is 14.0. The lowest BCUT2D eigenvalue weighted by Crippen LogP contribution is -2.65. The minimum absolute atomic E-state index is 0. The molecule has 160 valence electrons. The van der Waals surface area contributed by atoms with E-state index in [1.807, 2.05) is 30.1 Å². The standard InChI is InChI=1S/C21H32N6O.HI/c1-5-21(6-2)17(13-18(21)28-7-3)26-20(22-4)25-14-16-8-9-24-19(12-16)27-11-10-23-15-27;/h8-12,15,17-18H,5-7,13-14H2,1-4H3,(H2,22,25,26);1H. The lowest BCUT2D eigenvalue weighted by molar-refractivity contribution is -0.133. The van der Waals surface area contributed by atoms with E-state index < -0.39 is 0 Å². The van der Waals surface area contributed by atoms with Crippen molar-refractivity contribution in [2.24, 2.45) is 10.4 Å². The van der Waals surface area contributed by atoms with E-state index in [9.17, 15) is 0 Å². The Bertz CT molecular complexity index is 775. The summed E-state index contributed by atoms with van der Waals surface area (Å²) in [6.45, 7) is 8.04. The smallest absolute Gasteiger partial charge is 0.191 e. The second kappa shape index (κ2) is 10.9. The summed E-state index contributed by atoms with van der Waals surface area (Å²) in [4.78, 5) is 12.9. The van der Waals surface area contributed by atoms with Crippen LogP contribution in [0.3, 0.4) is 0 Å². The molecule has 8 heteroatoms. The van der Waals surface area contributed by atoms with Gasteiger partial charge >= 0.3 is 0 Å². The second-order valence-corrected chi connectivity index (χ2v) is 7.23. The molecule has 0 radical (unpaired) electrons. The van der Waals surface area contributed by atoms with Crippen LogP contribution in [0.2, 0.25) is 0 Å². The predicted molar refractivity (Wildman–Crippen MR) is 127 cm³/mol. The predicted octanol–water partition coefficient (Wildman–Crippen LogP) is 3.53. The van der Waals surface area contributed by atoms with Crippen molar-refractivity contribution < 1.29 is 4.74 Å². The van der Waals surface area contributed by atoms with E-state index in [4.69, 9.17) is 4.74 Å². The number of aliphatic imine (C=N–C) groups is 1. The summed E-state index contributed by atoms with van der Waals surface area (Å²) in [5.74, 6) is 1.68. The summed E-state index contributed by atoms with van der Waals surface area (Å²) >= 11 is 0. The van der Waals surface area contributed by atoms with Gasteiger partial charge in [-0.1, -0.05) is 13.8 Å². The topological polar surface area (TPSA) is 76.4 Å². The van der Waals surface area contributed by atoms with Gasteiger partial charge in [-0.25, -0.2) is 9.97 Å². The van der Waals surface area contributed by atoms with Crippen LogP contribution in [0.5, 0.6) is 0 Å². The monoisotopic (exact) mass is 512 g/mol. The maximum absolute atomic E-state index is 5.98. The molecule has 1 saturated carbocycles. The zero-order valence-electron chi connectivity index (χ0n) is 17.8. The van der Waals surface area contributed by atoms with Crippen LogP contribution in [-0.2, 0) is 11.3 Å². The van der Waals surface area contributed by atoms with E-state index in [0.29, 0.717) is 18.7 Å². The molecule has 2 heterocycles. The molecule has 0 bridgehead atoms. The average Bonchev–Trinajstić information content (AvgIpc) is 3.26. The molecular weight excluding hydrogens is 479 g/mol. The van der Waals surface area contributed by atoms with Gasteiger partial charge in [0.15, 0.2) is 5.96 Å². The highest BCUT2D eigenvalue weighted by Crippen LogP contribution is 2.48. The molecule has 2 N–H and O–H groups in total. The summed E-state index contributed by atoms with van der Waals surface area (Å²) in [7, 11) is 1.82. The van der Waals surface area contributed by atoms with Crippen LogP contribution in [0, 0.1) is 5.41 Å². The fraction of sp³-hybridized carbons (Fsp3) is 0.571. The van der Waals surface area contributed by atoms with Crippen LogP contribution in [-0.4, -0.2) is 46.3 Å². The van der Waals surface area contributed by atoms with Gasteiger partial charge in [0.25, 0.3) is 0 Å². The molecule has 1 fully saturated rings. The Hall–Kier alpha value is -1.68. The van der Waals surface area contributed by atoms with E-state index in [-0.39, 0.29) is 29.4 Å². The fourth-order valence-electron chi connectivity index (χ4n) is 4.24. The molecule has 0 amide bonds. The number of ether oxygens (including phenoxy) is 1. The van der Waals surface area contributed by atoms with Crippen molar-refractivity contribution in [2.75, 3.05) is 13.7 Å². The molecule has 29 heavy (non-hydrogen) atoms.